The maximum absolute atomic E-state index is 14.1. The molecule has 0 radical (unpaired) electrons. The van der Waals surface area contributed by atoms with Crippen LogP contribution in [0.25, 0.3) is 0 Å². The highest BCUT2D eigenvalue weighted by molar-refractivity contribution is 7.47. The molecule has 0 aliphatic rings. The van der Waals surface area contributed by atoms with E-state index in [1.165, 1.54) is 0 Å². The van der Waals surface area contributed by atoms with E-state index >= 15 is 0 Å². The minimum atomic E-state index is -10.1. The molecule has 0 aromatic rings. The molecule has 57 heteroatoms. The largest absolute Gasteiger partial charge is 0.472 e. The Morgan fingerprint density at radius 1 is 0.270 bits per heavy atom. The monoisotopic (exact) mass is 1480 g/mol. The SMILES string of the molecule is CC(C)(N)CO.O=P(O)(OCCC(F)(F)C(F)(F)C(F)(F)C(F)(F)C(F)(F)C(F)(F)C(F)(F)C(F)(F)C(F)(F)C(F)(F)C(F)(F)C(F)(F)F)OCCC(F)(F)C(F)(F)C(F)(F)C(F)(F)C(F)(F)C(F)(F)C(F)(F)C(F)(F)C(F)(F)C(F)(F)C(F)(F)C(F)(F)F. The van der Waals surface area contributed by atoms with Gasteiger partial charge < -0.3 is 15.7 Å². The van der Waals surface area contributed by atoms with Gasteiger partial charge in [0, 0.05) is 18.4 Å². The van der Waals surface area contributed by atoms with Crippen molar-refractivity contribution in [2.75, 3.05) is 19.8 Å². The highest BCUT2D eigenvalue weighted by Crippen LogP contribution is 2.71. The lowest BCUT2D eigenvalue weighted by Crippen LogP contribution is -2.78. The van der Waals surface area contributed by atoms with Crippen LogP contribution in [0.3, 0.4) is 0 Å². The zero-order chi connectivity index (χ0) is 73.9. The Morgan fingerprint density at radius 3 is 0.494 bits per heavy atom. The predicted molar refractivity (Wildman–Crippen MR) is 177 cm³/mol. The van der Waals surface area contributed by atoms with Crippen molar-refractivity contribution in [3.05, 3.63) is 0 Å². The average Bonchev–Trinajstić information content (AvgIpc) is 3.28. The van der Waals surface area contributed by atoms with Crippen LogP contribution in [0, 0.1) is 0 Å². The molecule has 0 saturated carbocycles. The van der Waals surface area contributed by atoms with Crippen molar-refractivity contribution >= 4 is 7.82 Å². The van der Waals surface area contributed by atoms with Crippen molar-refractivity contribution in [2.24, 2.45) is 5.73 Å². The van der Waals surface area contributed by atoms with Gasteiger partial charge in [0.2, 0.25) is 0 Å². The Labute approximate surface area is 452 Å². The first-order valence-corrected chi connectivity index (χ1v) is 21.4. The summed E-state index contributed by atoms with van der Waals surface area (Å²) in [7, 11) is -7.40. The van der Waals surface area contributed by atoms with E-state index in [1.807, 2.05) is 0 Å². The molecule has 0 heterocycles. The van der Waals surface area contributed by atoms with Crippen LogP contribution in [0.5, 0.6) is 0 Å². The standard InChI is InChI=1S/C28H9F50O4P.C4H11NO/c29-5(30,7(33,34)9(37,38)11(41,42)13(45,46)15(49,50)17(53,54)19(57,58)21(61,62)23(65,66)25(69,70)27(73,74)75)1-3-81-83(79,80)82-4-2-6(31,32)8(35,36)10(39,40)12(43,44)14(47,48)16(51,52)18(55,56)20(59,60)22(63,64)24(67,68)26(71,72)28(76,77)78;1-4(2,5)3-6/h1-4H2,(H,79,80);6H,3,5H2,1-2H3. The van der Waals surface area contributed by atoms with E-state index < -0.39 is 182 Å². The molecule has 6 nitrogen and oxygen atoms in total. The second kappa shape index (κ2) is 23.2. The molecule has 0 aliphatic carbocycles. The molecule has 0 aromatic heterocycles. The van der Waals surface area contributed by atoms with Crippen LogP contribution in [-0.4, -0.2) is 178 Å². The lowest BCUT2D eigenvalue weighted by molar-refractivity contribution is -0.482. The summed E-state index contributed by atoms with van der Waals surface area (Å²) < 4.78 is 697. The molecule has 0 spiro atoms. The highest BCUT2D eigenvalue weighted by atomic mass is 31.2. The summed E-state index contributed by atoms with van der Waals surface area (Å²) in [5.41, 5.74) is 4.88. The molecule has 4 N–H and O–H groups in total. The smallest absolute Gasteiger partial charge is 0.394 e. The van der Waals surface area contributed by atoms with Gasteiger partial charge >= 0.3 is 150 Å². The molecular formula is C32H20F50NO5P. The Balaban J connectivity index is 0. The van der Waals surface area contributed by atoms with E-state index in [2.05, 4.69) is 9.05 Å². The molecule has 0 unspecified atom stereocenters. The Morgan fingerprint density at radius 2 is 0.382 bits per heavy atom. The zero-order valence-corrected chi connectivity index (χ0v) is 41.0. The van der Waals surface area contributed by atoms with Crippen molar-refractivity contribution in [1.29, 1.82) is 0 Å². The molecule has 0 aliphatic heterocycles. The number of aliphatic hydroxyl groups is 1. The number of rotatable bonds is 29. The highest BCUT2D eigenvalue weighted by Gasteiger charge is 3.02. The lowest BCUT2D eigenvalue weighted by Gasteiger charge is -2.45. The van der Waals surface area contributed by atoms with Gasteiger partial charge in [-0.15, -0.1) is 0 Å². The molecule has 0 aromatic carbocycles. The van der Waals surface area contributed by atoms with Gasteiger partial charge in [-0.25, -0.2) is 4.57 Å². The quantitative estimate of drug-likeness (QED) is 0.0509. The van der Waals surface area contributed by atoms with Gasteiger partial charge in [0.15, 0.2) is 0 Å². The summed E-state index contributed by atoms with van der Waals surface area (Å²) in [6.45, 7) is -3.47. The summed E-state index contributed by atoms with van der Waals surface area (Å²) in [5.74, 6) is -209. The van der Waals surface area contributed by atoms with E-state index in [0.717, 1.165) is 0 Å². The normalized spacial score (nSPS) is 16.8. The fourth-order valence-electron chi connectivity index (χ4n) is 4.90. The number of alkyl halides is 50. The summed E-state index contributed by atoms with van der Waals surface area (Å²) in [5, 5.41) is 8.28. The zero-order valence-electron chi connectivity index (χ0n) is 40.1. The molecule has 0 rings (SSSR count). The second-order valence-corrected chi connectivity index (χ2v) is 19.1. The van der Waals surface area contributed by atoms with Crippen LogP contribution >= 0.6 is 7.82 Å². The molecular weight excluding hydrogens is 1460 g/mol. The van der Waals surface area contributed by atoms with Gasteiger partial charge in [-0.3, -0.25) is 9.05 Å². The Hall–Kier alpha value is -3.47. The summed E-state index contributed by atoms with van der Waals surface area (Å²) in [6.07, 6.45) is -25.3. The molecule has 0 fully saturated rings. The van der Waals surface area contributed by atoms with E-state index in [-0.39, 0.29) is 6.61 Å². The van der Waals surface area contributed by atoms with E-state index in [1.54, 1.807) is 13.8 Å². The first kappa shape index (κ1) is 87.6. The van der Waals surface area contributed by atoms with Crippen molar-refractivity contribution < 1.29 is 243 Å². The van der Waals surface area contributed by atoms with Crippen LogP contribution < -0.4 is 5.73 Å². The Kier molecular flexibility index (Phi) is 22.8. The fraction of sp³-hybridized carbons (Fsp3) is 1.00. The van der Waals surface area contributed by atoms with Crippen LogP contribution in [0.2, 0.25) is 0 Å². The van der Waals surface area contributed by atoms with E-state index in [4.69, 9.17) is 15.7 Å². The number of hydrogen-bond acceptors (Lipinski definition) is 5. The summed E-state index contributed by atoms with van der Waals surface area (Å²) >= 11 is 0. The molecule has 0 saturated heterocycles. The van der Waals surface area contributed by atoms with Crippen LogP contribution in [0.1, 0.15) is 26.7 Å². The molecule has 0 bridgehead atoms. The topological polar surface area (TPSA) is 102 Å². The number of nitrogens with two attached hydrogens (primary N) is 1. The molecule has 0 atom stereocenters. The van der Waals surface area contributed by atoms with Crippen molar-refractivity contribution in [1.82, 2.24) is 0 Å². The maximum atomic E-state index is 14.1. The van der Waals surface area contributed by atoms with Gasteiger partial charge in [-0.05, 0) is 13.8 Å². The number of halogens is 50. The van der Waals surface area contributed by atoms with E-state index in [0.29, 0.717) is 0 Å². The Bertz CT molecular complexity index is 2310. The first-order chi connectivity index (χ1) is 37.5. The number of hydrogen-bond donors (Lipinski definition) is 3. The lowest BCUT2D eigenvalue weighted by atomic mass is 9.84. The minimum absolute atomic E-state index is 0.0486. The number of aliphatic hydroxyl groups excluding tert-OH is 1. The number of phosphoric ester groups is 1. The second-order valence-electron chi connectivity index (χ2n) is 17.7. The van der Waals surface area contributed by atoms with E-state index in [9.17, 15) is 224 Å². The average molecular weight is 1480 g/mol. The maximum Gasteiger partial charge on any atom is 0.472 e. The van der Waals surface area contributed by atoms with Gasteiger partial charge in [0.1, 0.15) is 0 Å². The van der Waals surface area contributed by atoms with Gasteiger partial charge in [0.05, 0.1) is 19.8 Å². The first-order valence-electron chi connectivity index (χ1n) is 19.9. The predicted octanol–water partition coefficient (Wildman–Crippen LogP) is 16.7. The van der Waals surface area contributed by atoms with Gasteiger partial charge in [0.25, 0.3) is 0 Å². The third-order valence-corrected chi connectivity index (χ3v) is 11.5. The van der Waals surface area contributed by atoms with Gasteiger partial charge in [-0.2, -0.15) is 220 Å². The van der Waals surface area contributed by atoms with Crippen LogP contribution in [-0.2, 0) is 13.6 Å². The van der Waals surface area contributed by atoms with Crippen molar-refractivity contribution in [2.45, 2.75) is 175 Å². The fourth-order valence-corrected chi connectivity index (χ4v) is 5.62. The van der Waals surface area contributed by atoms with Crippen LogP contribution in [0.4, 0.5) is 220 Å². The molecule has 89 heavy (non-hydrogen) atoms. The number of phosphoric acid groups is 1. The third-order valence-electron chi connectivity index (χ3n) is 10.5. The van der Waals surface area contributed by atoms with Crippen molar-refractivity contribution in [3.63, 3.8) is 0 Å². The van der Waals surface area contributed by atoms with Gasteiger partial charge in [-0.1, -0.05) is 0 Å². The molecule has 0 amide bonds. The third kappa shape index (κ3) is 12.6. The summed E-state index contributed by atoms with van der Waals surface area (Å²) in [4.78, 5) is 9.04. The molecule has 538 valence electrons. The van der Waals surface area contributed by atoms with Crippen LogP contribution in [0.15, 0.2) is 0 Å². The summed E-state index contributed by atoms with van der Waals surface area (Å²) in [6, 6.07) is 0. The minimum Gasteiger partial charge on any atom is -0.394 e. The van der Waals surface area contributed by atoms with Crippen molar-refractivity contribution in [3.8, 4) is 0 Å².